The number of piperidine rings is 1. The number of nitrogens with one attached hydrogen (secondary N) is 1. The van der Waals surface area contributed by atoms with Crippen molar-refractivity contribution in [2.24, 2.45) is 0 Å². The highest BCUT2D eigenvalue weighted by atomic mass is 32.2. The third-order valence-electron chi connectivity index (χ3n) is 3.61. The molecule has 2 amide bonds. The van der Waals surface area contributed by atoms with E-state index in [2.05, 4.69) is 5.32 Å². The number of imide groups is 1. The second kappa shape index (κ2) is 5.73. The molecule has 1 unspecified atom stereocenters. The summed E-state index contributed by atoms with van der Waals surface area (Å²) in [5, 5.41) is 4.19. The molecule has 6 heteroatoms. The van der Waals surface area contributed by atoms with Crippen molar-refractivity contribution in [2.75, 3.05) is 0 Å². The summed E-state index contributed by atoms with van der Waals surface area (Å²) in [7, 11) is 0. The van der Waals surface area contributed by atoms with Gasteiger partial charge in [-0.2, -0.15) is 0 Å². The number of fused-ring (bicyclic) bond motifs is 1. The van der Waals surface area contributed by atoms with E-state index in [1.165, 1.54) is 0 Å². The molecular formula is C15H12FNO3S. The number of halogens is 1. The molecule has 1 saturated heterocycles. The van der Waals surface area contributed by atoms with Crippen LogP contribution >= 0.6 is 12.4 Å². The van der Waals surface area contributed by atoms with Crippen molar-refractivity contribution in [1.82, 2.24) is 5.32 Å². The molecule has 108 valence electrons. The molecule has 0 spiro atoms. The Bertz CT molecular complexity index is 719. The molecule has 1 fully saturated rings. The molecule has 1 aliphatic rings. The fraction of sp³-hybridized carbons (Fsp3) is 0.200. The second-order valence-corrected chi connectivity index (χ2v) is 5.21. The monoisotopic (exact) mass is 305 g/mol. The van der Waals surface area contributed by atoms with Crippen LogP contribution in [0.3, 0.4) is 0 Å². The van der Waals surface area contributed by atoms with Crippen LogP contribution < -0.4 is 9.50 Å². The van der Waals surface area contributed by atoms with Gasteiger partial charge in [0.05, 0.1) is 5.92 Å². The highest BCUT2D eigenvalue weighted by molar-refractivity contribution is 7.89. The molecule has 2 aromatic rings. The van der Waals surface area contributed by atoms with E-state index in [4.69, 9.17) is 4.18 Å². The van der Waals surface area contributed by atoms with Crippen LogP contribution in [-0.4, -0.2) is 11.8 Å². The number of carbonyl (C=O) groups excluding carboxylic acids is 2. The molecule has 0 bridgehead atoms. The number of hydrogen-bond donors (Lipinski definition) is 1. The third kappa shape index (κ3) is 2.85. The fourth-order valence-electron chi connectivity index (χ4n) is 2.56. The minimum absolute atomic E-state index is 0.205. The van der Waals surface area contributed by atoms with Gasteiger partial charge in [0.1, 0.15) is 5.75 Å². The number of amides is 2. The number of carbonyl (C=O) groups is 2. The van der Waals surface area contributed by atoms with Crippen molar-refractivity contribution >= 4 is 35.0 Å². The first-order chi connectivity index (χ1) is 10.2. The lowest BCUT2D eigenvalue weighted by Crippen LogP contribution is -2.39. The first kappa shape index (κ1) is 13.9. The minimum Gasteiger partial charge on any atom is -0.397 e. The summed E-state index contributed by atoms with van der Waals surface area (Å²) in [4.78, 5) is 23.1. The van der Waals surface area contributed by atoms with Gasteiger partial charge in [-0.25, -0.2) is 0 Å². The summed E-state index contributed by atoms with van der Waals surface area (Å²) in [5.74, 6) is -0.410. The molecule has 21 heavy (non-hydrogen) atoms. The third-order valence-corrected chi connectivity index (χ3v) is 3.86. The average Bonchev–Trinajstić information content (AvgIpc) is 2.47. The molecule has 1 atom stereocenters. The zero-order valence-corrected chi connectivity index (χ0v) is 11.8. The number of rotatable bonds is 3. The van der Waals surface area contributed by atoms with Gasteiger partial charge < -0.3 is 4.18 Å². The lowest BCUT2D eigenvalue weighted by atomic mass is 9.89. The zero-order chi connectivity index (χ0) is 14.8. The first-order valence-corrected chi connectivity index (χ1v) is 7.14. The van der Waals surface area contributed by atoms with E-state index in [1.54, 1.807) is 12.1 Å². The van der Waals surface area contributed by atoms with Gasteiger partial charge in [0, 0.05) is 6.42 Å². The van der Waals surface area contributed by atoms with Gasteiger partial charge >= 0.3 is 0 Å². The van der Waals surface area contributed by atoms with Gasteiger partial charge in [0.25, 0.3) is 12.4 Å². The van der Waals surface area contributed by atoms with E-state index in [1.807, 2.05) is 24.3 Å². The minimum atomic E-state index is -0.327. The van der Waals surface area contributed by atoms with Crippen LogP contribution in [0.2, 0.25) is 0 Å². The van der Waals surface area contributed by atoms with Crippen LogP contribution in [-0.2, 0) is 9.59 Å². The largest absolute Gasteiger partial charge is 0.397 e. The Morgan fingerprint density at radius 1 is 1.14 bits per heavy atom. The summed E-state index contributed by atoms with van der Waals surface area (Å²) in [6.07, 6.45) is 0.850. The normalized spacial score (nSPS) is 18.6. The van der Waals surface area contributed by atoms with E-state index in [9.17, 15) is 13.5 Å². The van der Waals surface area contributed by atoms with Crippen molar-refractivity contribution in [3.8, 4) is 5.75 Å². The van der Waals surface area contributed by atoms with Crippen LogP contribution in [0, 0.1) is 0 Å². The van der Waals surface area contributed by atoms with Gasteiger partial charge in [-0.1, -0.05) is 24.3 Å². The van der Waals surface area contributed by atoms with Crippen LogP contribution in [0.5, 0.6) is 5.75 Å². The van der Waals surface area contributed by atoms with Crippen LogP contribution in [0.15, 0.2) is 36.4 Å². The molecule has 1 N–H and O–H groups in total. The van der Waals surface area contributed by atoms with Gasteiger partial charge in [-0.3, -0.25) is 14.9 Å². The van der Waals surface area contributed by atoms with E-state index >= 15 is 0 Å². The highest BCUT2D eigenvalue weighted by Crippen LogP contribution is 2.30. The van der Waals surface area contributed by atoms with E-state index in [0.717, 1.165) is 16.3 Å². The zero-order valence-electron chi connectivity index (χ0n) is 11.0. The summed E-state index contributed by atoms with van der Waals surface area (Å²) < 4.78 is 16.9. The average molecular weight is 305 g/mol. The smallest absolute Gasteiger partial charge is 0.272 e. The maximum Gasteiger partial charge on any atom is 0.272 e. The SMILES string of the molecule is O=C1CCC(c2ccc3ccc(OSF)cc3c2)C(=O)N1. The molecular weight excluding hydrogens is 293 g/mol. The number of benzene rings is 2. The molecule has 2 aromatic carbocycles. The van der Waals surface area contributed by atoms with E-state index in [0.29, 0.717) is 18.6 Å². The predicted octanol–water partition coefficient (Wildman–Crippen LogP) is 3.27. The Morgan fingerprint density at radius 2 is 1.95 bits per heavy atom. The lowest BCUT2D eigenvalue weighted by molar-refractivity contribution is -0.134. The van der Waals surface area contributed by atoms with Crippen molar-refractivity contribution in [2.45, 2.75) is 18.8 Å². The first-order valence-electron chi connectivity index (χ1n) is 6.50. The van der Waals surface area contributed by atoms with Gasteiger partial charge in [0.15, 0.2) is 0 Å². The van der Waals surface area contributed by atoms with Crippen molar-refractivity contribution < 1.29 is 17.7 Å². The lowest BCUT2D eigenvalue weighted by Gasteiger charge is -2.21. The summed E-state index contributed by atoms with van der Waals surface area (Å²) in [6, 6.07) is 10.9. The van der Waals surface area contributed by atoms with Crippen LogP contribution in [0.4, 0.5) is 3.89 Å². The standard InChI is InChI=1S/C15H12FNO3S/c16-21-20-12-4-3-9-1-2-10(7-11(9)8-12)13-5-6-14(18)17-15(13)19/h1-4,7-8,13H,5-6H2,(H,17,18,19). The molecule has 0 aromatic heterocycles. The van der Waals surface area contributed by atoms with Crippen molar-refractivity contribution in [1.29, 1.82) is 0 Å². The second-order valence-electron chi connectivity index (χ2n) is 4.92. The Hall–Kier alpha value is -2.08. The van der Waals surface area contributed by atoms with E-state index in [-0.39, 0.29) is 30.2 Å². The molecule has 4 nitrogen and oxygen atoms in total. The maximum atomic E-state index is 12.1. The molecule has 0 aliphatic carbocycles. The Labute approximate surface area is 125 Å². The Morgan fingerprint density at radius 3 is 2.71 bits per heavy atom. The summed E-state index contributed by atoms with van der Waals surface area (Å²) >= 11 is -0.205. The van der Waals surface area contributed by atoms with Crippen LogP contribution in [0.25, 0.3) is 10.8 Å². The fourth-order valence-corrected chi connectivity index (χ4v) is 2.74. The quantitative estimate of drug-likeness (QED) is 0.698. The Balaban J connectivity index is 1.95. The number of hydrogen-bond acceptors (Lipinski definition) is 4. The molecule has 3 rings (SSSR count). The molecule has 1 aliphatic heterocycles. The Kier molecular flexibility index (Phi) is 3.79. The molecule has 0 saturated carbocycles. The van der Waals surface area contributed by atoms with Gasteiger partial charge in [-0.15, -0.1) is 3.89 Å². The van der Waals surface area contributed by atoms with Gasteiger partial charge in [-0.05, 0) is 34.9 Å². The highest BCUT2D eigenvalue weighted by Gasteiger charge is 2.27. The predicted molar refractivity (Wildman–Crippen MR) is 78.4 cm³/mol. The van der Waals surface area contributed by atoms with Crippen molar-refractivity contribution in [3.63, 3.8) is 0 Å². The maximum absolute atomic E-state index is 12.1. The summed E-state index contributed by atoms with van der Waals surface area (Å²) in [5.41, 5.74) is 0.845. The van der Waals surface area contributed by atoms with Crippen LogP contribution in [0.1, 0.15) is 24.3 Å². The van der Waals surface area contributed by atoms with E-state index < -0.39 is 0 Å². The molecule has 0 radical (unpaired) electrons. The van der Waals surface area contributed by atoms with Crippen molar-refractivity contribution in [3.05, 3.63) is 42.0 Å². The summed E-state index contributed by atoms with van der Waals surface area (Å²) in [6.45, 7) is 0. The molecule has 1 heterocycles. The van der Waals surface area contributed by atoms with Gasteiger partial charge in [0.2, 0.25) is 11.8 Å². The topological polar surface area (TPSA) is 55.4 Å².